The third kappa shape index (κ3) is 5.51. The van der Waals surface area contributed by atoms with Crippen molar-refractivity contribution in [3.63, 3.8) is 0 Å². The lowest BCUT2D eigenvalue weighted by atomic mass is 10.2. The highest BCUT2D eigenvalue weighted by Gasteiger charge is 2.30. The van der Waals surface area contributed by atoms with Crippen molar-refractivity contribution in [3.05, 3.63) is 18.3 Å². The number of pyridine rings is 1. The summed E-state index contributed by atoms with van der Waals surface area (Å²) in [5.41, 5.74) is 3.14. The van der Waals surface area contributed by atoms with Gasteiger partial charge in [-0.1, -0.05) is 6.92 Å². The van der Waals surface area contributed by atoms with Gasteiger partial charge in [0, 0.05) is 31.9 Å². The molecule has 0 aromatic carbocycles. The molecule has 2 fully saturated rings. The molecule has 31 heavy (non-hydrogen) atoms. The molecule has 2 atom stereocenters. The minimum atomic E-state index is -3.61. The summed E-state index contributed by atoms with van der Waals surface area (Å²) < 4.78 is 32.1. The smallest absolute Gasteiger partial charge is 0.244 e. The number of nitrogens with zero attached hydrogens (tertiary/aromatic N) is 5. The molecule has 0 radical (unpaired) electrons. The van der Waals surface area contributed by atoms with Crippen LogP contribution in [0.25, 0.3) is 0 Å². The van der Waals surface area contributed by atoms with Gasteiger partial charge in [0.15, 0.2) is 0 Å². The molecule has 2 saturated heterocycles. The highest BCUT2D eigenvalue weighted by molar-refractivity contribution is 7.89. The monoisotopic (exact) mass is 450 g/mol. The molecular weight excluding hydrogens is 420 g/mol. The van der Waals surface area contributed by atoms with E-state index in [1.165, 1.54) is 16.6 Å². The van der Waals surface area contributed by atoms with Crippen LogP contribution in [-0.4, -0.2) is 85.0 Å². The number of nitrogens with one attached hydrogen (secondary N) is 1. The molecule has 2 aliphatic heterocycles. The maximum Gasteiger partial charge on any atom is 0.244 e. The molecule has 1 aromatic rings. The Kier molecular flexibility index (Phi) is 7.83. The predicted molar refractivity (Wildman–Crippen MR) is 114 cm³/mol. The van der Waals surface area contributed by atoms with E-state index >= 15 is 0 Å². The Morgan fingerprint density at radius 2 is 2.13 bits per heavy atom. The van der Waals surface area contributed by atoms with Gasteiger partial charge in [0.1, 0.15) is 16.8 Å². The number of hydrogen-bond donors (Lipinski definition) is 1. The molecule has 10 nitrogen and oxygen atoms in total. The highest BCUT2D eigenvalue weighted by Crippen LogP contribution is 2.20. The largest absolute Gasteiger partial charge is 0.379 e. The molecule has 3 heterocycles. The molecule has 0 spiro atoms. The molecule has 1 amide bonds. The molecule has 170 valence electrons. The molecule has 3 rings (SSSR count). The van der Waals surface area contributed by atoms with E-state index < -0.39 is 10.0 Å². The topological polar surface area (TPSA) is 119 Å². The number of rotatable bonds is 8. The van der Waals surface area contributed by atoms with Gasteiger partial charge in [0.25, 0.3) is 0 Å². The zero-order chi connectivity index (χ0) is 22.4. The molecule has 1 unspecified atom stereocenters. The first-order valence-electron chi connectivity index (χ1n) is 10.6. The number of hydrazine groups is 1. The molecule has 0 bridgehead atoms. The summed E-state index contributed by atoms with van der Waals surface area (Å²) in [5, 5.41) is 11.0. The lowest BCUT2D eigenvalue weighted by Gasteiger charge is -2.31. The van der Waals surface area contributed by atoms with Crippen LogP contribution in [0.1, 0.15) is 33.1 Å². The quantitative estimate of drug-likeness (QED) is 0.584. The van der Waals surface area contributed by atoms with Gasteiger partial charge >= 0.3 is 0 Å². The number of hydrogen-bond acceptors (Lipinski definition) is 8. The Labute approximate surface area is 183 Å². The number of anilines is 1. The van der Waals surface area contributed by atoms with E-state index in [1.807, 2.05) is 13.8 Å². The van der Waals surface area contributed by atoms with Crippen LogP contribution in [0, 0.1) is 11.3 Å². The van der Waals surface area contributed by atoms with Crippen LogP contribution in [-0.2, 0) is 19.6 Å². The summed E-state index contributed by atoms with van der Waals surface area (Å²) >= 11 is 0. The van der Waals surface area contributed by atoms with Crippen molar-refractivity contribution in [2.24, 2.45) is 0 Å². The van der Waals surface area contributed by atoms with E-state index in [1.54, 1.807) is 16.0 Å². The first kappa shape index (κ1) is 23.4. The van der Waals surface area contributed by atoms with Crippen LogP contribution < -0.4 is 5.43 Å². The number of aromatic nitrogens is 1. The van der Waals surface area contributed by atoms with E-state index in [2.05, 4.69) is 16.5 Å². The highest BCUT2D eigenvalue weighted by atomic mass is 32.2. The maximum absolute atomic E-state index is 12.8. The number of likely N-dealkylation sites (tertiary alicyclic amines) is 1. The minimum Gasteiger partial charge on any atom is -0.379 e. The fraction of sp³-hybridized carbons (Fsp3) is 0.650. The maximum atomic E-state index is 12.8. The van der Waals surface area contributed by atoms with Gasteiger partial charge in [-0.25, -0.2) is 18.4 Å². The Morgan fingerprint density at radius 1 is 1.39 bits per heavy atom. The van der Waals surface area contributed by atoms with Crippen LogP contribution in [0.3, 0.4) is 0 Å². The van der Waals surface area contributed by atoms with Crippen LogP contribution in [0.2, 0.25) is 0 Å². The Hall–Kier alpha value is -2.26. The van der Waals surface area contributed by atoms with Gasteiger partial charge in [-0.2, -0.15) is 9.57 Å². The molecule has 11 heteroatoms. The molecule has 2 aliphatic rings. The van der Waals surface area contributed by atoms with Gasteiger partial charge in [0.05, 0.1) is 25.8 Å². The van der Waals surface area contributed by atoms with Crippen LogP contribution in [0.4, 0.5) is 5.82 Å². The Bertz CT molecular complexity index is 895. The molecule has 1 aromatic heterocycles. The predicted octanol–water partition coefficient (Wildman–Crippen LogP) is 1.04. The van der Waals surface area contributed by atoms with Gasteiger partial charge < -0.3 is 15.1 Å². The van der Waals surface area contributed by atoms with E-state index in [9.17, 15) is 18.5 Å². The van der Waals surface area contributed by atoms with Crippen molar-refractivity contribution in [3.8, 4) is 6.07 Å². The fourth-order valence-corrected chi connectivity index (χ4v) is 5.00. The summed E-state index contributed by atoms with van der Waals surface area (Å²) in [7, 11) is -3.61. The lowest BCUT2D eigenvalue weighted by Crippen LogP contribution is -2.47. The van der Waals surface area contributed by atoms with Crippen LogP contribution >= 0.6 is 0 Å². The lowest BCUT2D eigenvalue weighted by molar-refractivity contribution is -0.132. The standard InChI is InChI=1S/C20H30N6O4S/c1-3-16(2)26(15-20(27)25-8-4-5-17(25)13-21)23-19-7-6-18(14-22-19)31(28,29)24-9-11-30-12-10-24/h6-7,14,16-17H,3-5,8-12,15H2,1-2H3,(H,22,23)/t16-,17?/m0/s1. The van der Waals surface area contributed by atoms with E-state index in [-0.39, 0.29) is 29.4 Å². The van der Waals surface area contributed by atoms with Gasteiger partial charge in [-0.15, -0.1) is 0 Å². The Morgan fingerprint density at radius 3 is 2.74 bits per heavy atom. The van der Waals surface area contributed by atoms with Crippen molar-refractivity contribution in [1.82, 2.24) is 19.2 Å². The number of ether oxygens (including phenoxy) is 1. The first-order valence-corrected chi connectivity index (χ1v) is 12.1. The molecule has 0 saturated carbocycles. The number of carbonyl (C=O) groups excluding carboxylic acids is 1. The molecule has 1 N–H and O–H groups in total. The second kappa shape index (κ2) is 10.4. The number of carbonyl (C=O) groups is 1. The summed E-state index contributed by atoms with van der Waals surface area (Å²) in [6.45, 7) is 6.12. The van der Waals surface area contributed by atoms with Gasteiger partial charge in [-0.05, 0) is 38.3 Å². The third-order valence-corrected chi connectivity index (χ3v) is 7.64. The normalized spacial score (nSPS) is 21.1. The van der Waals surface area contributed by atoms with E-state index in [4.69, 9.17) is 4.74 Å². The number of sulfonamides is 1. The van der Waals surface area contributed by atoms with Crippen molar-refractivity contribution in [1.29, 1.82) is 5.26 Å². The van der Waals surface area contributed by atoms with E-state index in [0.29, 0.717) is 45.1 Å². The number of morpholine rings is 1. The third-order valence-electron chi connectivity index (χ3n) is 5.75. The van der Waals surface area contributed by atoms with Crippen molar-refractivity contribution < 1.29 is 17.9 Å². The zero-order valence-electron chi connectivity index (χ0n) is 18.0. The molecule has 0 aliphatic carbocycles. The molecular formula is C20H30N6O4S. The van der Waals surface area contributed by atoms with Crippen LogP contribution in [0.15, 0.2) is 23.2 Å². The summed E-state index contributed by atoms with van der Waals surface area (Å²) in [5.74, 6) is 0.343. The van der Waals surface area contributed by atoms with Crippen molar-refractivity contribution in [2.45, 2.75) is 50.1 Å². The SMILES string of the molecule is CC[C@H](C)N(CC(=O)N1CCCC1C#N)Nc1ccc(S(=O)(=O)N2CCOCC2)cn1. The van der Waals surface area contributed by atoms with Gasteiger partial charge in [0.2, 0.25) is 15.9 Å². The van der Waals surface area contributed by atoms with Crippen molar-refractivity contribution >= 4 is 21.7 Å². The van der Waals surface area contributed by atoms with Crippen molar-refractivity contribution in [2.75, 3.05) is 44.8 Å². The summed E-state index contributed by atoms with van der Waals surface area (Å²) in [6, 6.07) is 4.98. The summed E-state index contributed by atoms with van der Waals surface area (Å²) in [6.07, 6.45) is 3.67. The minimum absolute atomic E-state index is 0.0330. The number of nitriles is 1. The van der Waals surface area contributed by atoms with Crippen LogP contribution in [0.5, 0.6) is 0 Å². The average Bonchev–Trinajstić information content (AvgIpc) is 3.28. The zero-order valence-corrected chi connectivity index (χ0v) is 18.8. The average molecular weight is 451 g/mol. The van der Waals surface area contributed by atoms with Gasteiger partial charge in [-0.3, -0.25) is 4.79 Å². The summed E-state index contributed by atoms with van der Waals surface area (Å²) in [4.78, 5) is 18.8. The number of amides is 1. The first-order chi connectivity index (χ1) is 14.9. The van der Waals surface area contributed by atoms with E-state index in [0.717, 1.165) is 12.8 Å². The second-order valence-corrected chi connectivity index (χ2v) is 9.70. The second-order valence-electron chi connectivity index (χ2n) is 7.77. The Balaban J connectivity index is 1.69. The fourth-order valence-electron chi connectivity index (χ4n) is 3.64.